The Morgan fingerprint density at radius 2 is 1.80 bits per heavy atom. The zero-order valence-electron chi connectivity index (χ0n) is 23.9. The predicted molar refractivity (Wildman–Crippen MR) is 162 cm³/mol. The van der Waals surface area contributed by atoms with Crippen LogP contribution in [0.15, 0.2) is 57.9 Å². The number of amides is 2. The summed E-state index contributed by atoms with van der Waals surface area (Å²) in [5.74, 6) is 0.491. The van der Waals surface area contributed by atoms with Gasteiger partial charge in [-0.1, -0.05) is 15.9 Å². The van der Waals surface area contributed by atoms with Crippen molar-refractivity contribution in [1.82, 2.24) is 24.0 Å². The lowest BCUT2D eigenvalue weighted by atomic mass is 9.98. The fourth-order valence-electron chi connectivity index (χ4n) is 5.73. The van der Waals surface area contributed by atoms with Crippen LogP contribution in [0.2, 0.25) is 0 Å². The minimum absolute atomic E-state index is 0.0553. The molecule has 9 heteroatoms. The lowest BCUT2D eigenvalue weighted by Gasteiger charge is -2.35. The molecule has 4 aromatic rings. The second-order valence-electron chi connectivity index (χ2n) is 11.4. The van der Waals surface area contributed by atoms with E-state index in [1.807, 2.05) is 66.7 Å². The maximum Gasteiger partial charge on any atom is 0.261 e. The van der Waals surface area contributed by atoms with Crippen molar-refractivity contribution >= 4 is 33.4 Å². The van der Waals surface area contributed by atoms with Crippen LogP contribution in [-0.2, 0) is 19.4 Å². The van der Waals surface area contributed by atoms with Crippen molar-refractivity contribution in [3.05, 3.63) is 97.0 Å². The van der Waals surface area contributed by atoms with Gasteiger partial charge in [-0.15, -0.1) is 0 Å². The fourth-order valence-corrected chi connectivity index (χ4v) is 5.98. The molecular formula is C32H34BrN5O3. The second kappa shape index (κ2) is 10.6. The van der Waals surface area contributed by atoms with Crippen molar-refractivity contribution < 1.29 is 9.59 Å². The van der Waals surface area contributed by atoms with E-state index in [2.05, 4.69) is 15.9 Å². The van der Waals surface area contributed by atoms with Crippen LogP contribution < -0.4 is 5.56 Å². The quantitative estimate of drug-likeness (QED) is 0.299. The third-order valence-electron chi connectivity index (χ3n) is 8.51. The topological polar surface area (TPSA) is 79.9 Å². The second-order valence-corrected chi connectivity index (χ2v) is 12.3. The molecule has 6 rings (SSSR count). The van der Waals surface area contributed by atoms with Gasteiger partial charge in [-0.2, -0.15) is 5.10 Å². The number of hydrogen-bond donors (Lipinski definition) is 0. The highest BCUT2D eigenvalue weighted by atomic mass is 79.9. The van der Waals surface area contributed by atoms with Crippen molar-refractivity contribution in [3.8, 4) is 5.69 Å². The molecule has 3 heterocycles. The first-order chi connectivity index (χ1) is 19.7. The highest BCUT2D eigenvalue weighted by Crippen LogP contribution is 2.35. The number of carbonyl (C=O) groups excluding carboxylic acids is 2. The number of benzene rings is 2. The van der Waals surface area contributed by atoms with Crippen molar-refractivity contribution in [3.63, 3.8) is 0 Å². The Morgan fingerprint density at radius 3 is 2.46 bits per heavy atom. The number of aryl methyl sites for hydroxylation is 1. The molecule has 2 aliphatic rings. The van der Waals surface area contributed by atoms with Crippen molar-refractivity contribution in [2.24, 2.45) is 5.92 Å². The number of nitrogens with zero attached hydrogens (tertiary/aromatic N) is 5. The van der Waals surface area contributed by atoms with E-state index < -0.39 is 0 Å². The number of aromatic nitrogens is 3. The Balaban J connectivity index is 1.46. The van der Waals surface area contributed by atoms with Crippen molar-refractivity contribution in [2.75, 3.05) is 13.6 Å². The molecule has 2 aromatic carbocycles. The van der Waals surface area contributed by atoms with Gasteiger partial charge >= 0.3 is 0 Å². The Labute approximate surface area is 247 Å². The highest BCUT2D eigenvalue weighted by Gasteiger charge is 2.34. The van der Waals surface area contributed by atoms with Gasteiger partial charge < -0.3 is 9.80 Å². The van der Waals surface area contributed by atoms with E-state index in [1.54, 1.807) is 28.6 Å². The molecule has 1 aliphatic carbocycles. The number of hydrogen-bond acceptors (Lipinski definition) is 4. The molecule has 1 unspecified atom stereocenters. The summed E-state index contributed by atoms with van der Waals surface area (Å²) in [6, 6.07) is 12.7. The first-order valence-corrected chi connectivity index (χ1v) is 15.0. The molecule has 212 valence electrons. The summed E-state index contributed by atoms with van der Waals surface area (Å²) >= 11 is 3.52. The molecule has 1 aliphatic heterocycles. The van der Waals surface area contributed by atoms with E-state index in [0.717, 1.165) is 33.4 Å². The van der Waals surface area contributed by atoms with Gasteiger partial charge in [-0.25, -0.2) is 4.52 Å². The molecule has 41 heavy (non-hydrogen) atoms. The Hall–Kier alpha value is -3.72. The summed E-state index contributed by atoms with van der Waals surface area (Å²) in [6.45, 7) is 6.82. The SMILES string of the molecule is CCN(C)C(=O)c1ccc(-n2c(=O)c3c(n4ncc(CC5CC5)c24)CN(C(=O)c2ccc(Br)c(C)c2)C(C)C3)cc1. The van der Waals surface area contributed by atoms with Gasteiger partial charge in [0, 0.05) is 46.4 Å². The molecule has 1 fully saturated rings. The Bertz CT molecular complexity index is 1740. The third-order valence-corrected chi connectivity index (χ3v) is 9.40. The van der Waals surface area contributed by atoms with Crippen molar-refractivity contribution in [1.29, 1.82) is 0 Å². The maximum atomic E-state index is 14.3. The minimum Gasteiger partial charge on any atom is -0.342 e. The van der Waals surface area contributed by atoms with Crippen LogP contribution in [0.25, 0.3) is 11.3 Å². The molecule has 0 spiro atoms. The summed E-state index contributed by atoms with van der Waals surface area (Å²) in [6.07, 6.45) is 5.53. The number of rotatable bonds is 6. The minimum atomic E-state index is -0.163. The molecule has 1 atom stereocenters. The average Bonchev–Trinajstić information content (AvgIpc) is 3.71. The first-order valence-electron chi connectivity index (χ1n) is 14.2. The standard InChI is InChI=1S/C32H34BrN5O3/c1-5-35(4)30(39)22-8-11-25(12-9-22)37-29-24(16-21-6-7-21)17-34-38(29)28-18-36(20(3)15-26(28)32(37)41)31(40)23-10-13-27(33)19(2)14-23/h8-14,17,20-21H,5-7,15-16,18H2,1-4H3. The molecule has 2 amide bonds. The van der Waals surface area contributed by atoms with Gasteiger partial charge in [-0.05, 0) is 100 Å². The molecule has 8 nitrogen and oxygen atoms in total. The highest BCUT2D eigenvalue weighted by molar-refractivity contribution is 9.10. The van der Waals surface area contributed by atoms with Crippen LogP contribution in [0.3, 0.4) is 0 Å². The van der Waals surface area contributed by atoms with Crippen LogP contribution in [-0.4, -0.2) is 55.4 Å². The third kappa shape index (κ3) is 4.90. The van der Waals surface area contributed by atoms with Crippen LogP contribution in [0.4, 0.5) is 0 Å². The molecule has 0 N–H and O–H groups in total. The van der Waals surface area contributed by atoms with Gasteiger partial charge in [0.15, 0.2) is 0 Å². The van der Waals surface area contributed by atoms with Crippen LogP contribution in [0, 0.1) is 12.8 Å². The van der Waals surface area contributed by atoms with E-state index in [1.165, 1.54) is 12.8 Å². The largest absolute Gasteiger partial charge is 0.342 e. The summed E-state index contributed by atoms with van der Waals surface area (Å²) in [5, 5.41) is 4.79. The summed E-state index contributed by atoms with van der Waals surface area (Å²) in [7, 11) is 1.78. The zero-order chi connectivity index (χ0) is 29.0. The zero-order valence-corrected chi connectivity index (χ0v) is 25.4. The number of halogens is 1. The Morgan fingerprint density at radius 1 is 1.10 bits per heavy atom. The van der Waals surface area contributed by atoms with Gasteiger partial charge in [0.05, 0.1) is 24.1 Å². The maximum absolute atomic E-state index is 14.3. The van der Waals surface area contributed by atoms with E-state index in [0.29, 0.717) is 47.8 Å². The van der Waals surface area contributed by atoms with Gasteiger partial charge in [0.1, 0.15) is 5.65 Å². The van der Waals surface area contributed by atoms with E-state index >= 15 is 0 Å². The number of carbonyl (C=O) groups is 2. The van der Waals surface area contributed by atoms with E-state index in [9.17, 15) is 14.4 Å². The monoisotopic (exact) mass is 615 g/mol. The number of fused-ring (bicyclic) bond motifs is 3. The summed E-state index contributed by atoms with van der Waals surface area (Å²) < 4.78 is 4.59. The molecule has 2 aromatic heterocycles. The van der Waals surface area contributed by atoms with Crippen LogP contribution in [0.1, 0.15) is 69.8 Å². The van der Waals surface area contributed by atoms with Gasteiger partial charge in [-0.3, -0.25) is 19.0 Å². The van der Waals surface area contributed by atoms with Crippen LogP contribution in [0.5, 0.6) is 0 Å². The first kappa shape index (κ1) is 27.4. The van der Waals surface area contributed by atoms with Gasteiger partial charge in [0.25, 0.3) is 17.4 Å². The van der Waals surface area contributed by atoms with E-state index in [-0.39, 0.29) is 23.4 Å². The Kier molecular flexibility index (Phi) is 7.09. The molecule has 0 bridgehead atoms. The molecule has 1 saturated carbocycles. The lowest BCUT2D eigenvalue weighted by molar-refractivity contribution is 0.0650. The predicted octanol–water partition coefficient (Wildman–Crippen LogP) is 5.19. The molecule has 0 radical (unpaired) electrons. The summed E-state index contributed by atoms with van der Waals surface area (Å²) in [5.41, 5.74) is 6.03. The van der Waals surface area contributed by atoms with Crippen molar-refractivity contribution in [2.45, 2.75) is 59.0 Å². The smallest absolute Gasteiger partial charge is 0.261 e. The molecule has 0 saturated heterocycles. The van der Waals surface area contributed by atoms with Gasteiger partial charge in [0.2, 0.25) is 0 Å². The summed E-state index contributed by atoms with van der Waals surface area (Å²) in [4.78, 5) is 44.2. The normalized spacial score (nSPS) is 16.6. The van der Waals surface area contributed by atoms with Crippen LogP contribution >= 0.6 is 15.9 Å². The van der Waals surface area contributed by atoms with E-state index in [4.69, 9.17) is 5.10 Å². The lowest BCUT2D eigenvalue weighted by Crippen LogP contribution is -2.46. The molecular weight excluding hydrogens is 582 g/mol. The average molecular weight is 617 g/mol. The fraction of sp³-hybridized carbons (Fsp3) is 0.375.